The maximum Gasteiger partial charge on any atom is 0.314 e. The number of fused-ring (bicyclic) bond motifs is 1. The summed E-state index contributed by atoms with van der Waals surface area (Å²) in [7, 11) is 1.65. The van der Waals surface area contributed by atoms with E-state index in [1.807, 2.05) is 24.3 Å². The molecule has 0 radical (unpaired) electrons. The monoisotopic (exact) mass is 424 g/mol. The molecular weight excluding hydrogens is 384 g/mol. The first-order valence-electron chi connectivity index (χ1n) is 12.6. The molecule has 0 bridgehead atoms. The van der Waals surface area contributed by atoms with Gasteiger partial charge in [0.15, 0.2) is 0 Å². The zero-order chi connectivity index (χ0) is 21.6. The van der Waals surface area contributed by atoms with Crippen LogP contribution in [0.3, 0.4) is 0 Å². The number of rotatable bonds is 7. The first kappa shape index (κ1) is 22.4. The number of allylic oxidation sites excluding steroid dienone is 1. The van der Waals surface area contributed by atoms with Crippen LogP contribution in [0.1, 0.15) is 77.0 Å². The van der Waals surface area contributed by atoms with Gasteiger partial charge in [-0.25, -0.2) is 0 Å². The van der Waals surface area contributed by atoms with Crippen LogP contribution in [0.5, 0.6) is 11.5 Å². The number of hydrogen-bond donors (Lipinski definition) is 0. The molecule has 4 rings (SSSR count). The third-order valence-corrected chi connectivity index (χ3v) is 8.61. The van der Waals surface area contributed by atoms with Crippen molar-refractivity contribution in [2.75, 3.05) is 7.11 Å². The molecule has 0 heterocycles. The number of carbonyl (C=O) groups excluding carboxylic acids is 1. The molecule has 0 N–H and O–H groups in total. The normalized spacial score (nSPS) is 33.2. The topological polar surface area (TPSA) is 35.5 Å². The summed E-state index contributed by atoms with van der Waals surface area (Å²) in [6.07, 6.45) is 17.6. The molecule has 3 heteroatoms. The van der Waals surface area contributed by atoms with Gasteiger partial charge in [0.25, 0.3) is 0 Å². The Bertz CT molecular complexity index is 716. The molecule has 0 aliphatic heterocycles. The van der Waals surface area contributed by atoms with E-state index in [1.165, 1.54) is 70.6 Å². The predicted molar refractivity (Wildman–Crippen MR) is 125 cm³/mol. The predicted octanol–water partition coefficient (Wildman–Crippen LogP) is 7.21. The molecule has 0 spiro atoms. The van der Waals surface area contributed by atoms with Gasteiger partial charge in [0.1, 0.15) is 11.5 Å². The van der Waals surface area contributed by atoms with E-state index >= 15 is 0 Å². The quantitative estimate of drug-likeness (QED) is 0.264. The summed E-state index contributed by atoms with van der Waals surface area (Å²) in [6.45, 7) is 3.88. The Kier molecular flexibility index (Phi) is 7.74. The molecule has 1 aromatic rings. The number of benzene rings is 1. The van der Waals surface area contributed by atoms with Crippen LogP contribution in [0.2, 0.25) is 0 Å². The van der Waals surface area contributed by atoms with E-state index in [4.69, 9.17) is 9.47 Å². The van der Waals surface area contributed by atoms with Crippen LogP contribution < -0.4 is 9.47 Å². The lowest BCUT2D eigenvalue weighted by molar-refractivity contribution is -0.144. The zero-order valence-corrected chi connectivity index (χ0v) is 19.3. The minimum atomic E-state index is -0.0129. The summed E-state index contributed by atoms with van der Waals surface area (Å²) in [5, 5.41) is 0. The number of ether oxygens (including phenoxy) is 2. The van der Waals surface area contributed by atoms with Crippen LogP contribution in [-0.4, -0.2) is 13.1 Å². The molecule has 3 aliphatic rings. The van der Waals surface area contributed by atoms with Crippen LogP contribution in [0.25, 0.3) is 0 Å². The van der Waals surface area contributed by atoms with Gasteiger partial charge in [0.2, 0.25) is 0 Å². The van der Waals surface area contributed by atoms with Gasteiger partial charge in [-0.15, -0.1) is 6.58 Å². The van der Waals surface area contributed by atoms with Crippen molar-refractivity contribution in [2.45, 2.75) is 77.0 Å². The van der Waals surface area contributed by atoms with E-state index in [1.54, 1.807) is 7.11 Å². The Hall–Kier alpha value is -1.77. The van der Waals surface area contributed by atoms with Gasteiger partial charge >= 0.3 is 5.97 Å². The molecule has 0 saturated heterocycles. The number of esters is 1. The van der Waals surface area contributed by atoms with E-state index in [0.29, 0.717) is 11.7 Å². The summed E-state index contributed by atoms with van der Waals surface area (Å²) in [5.74, 6) is 5.47. The summed E-state index contributed by atoms with van der Waals surface area (Å²) in [5.41, 5.74) is 0. The fourth-order valence-corrected chi connectivity index (χ4v) is 6.86. The highest BCUT2D eigenvalue weighted by atomic mass is 16.5. The maximum absolute atomic E-state index is 13.0. The lowest BCUT2D eigenvalue weighted by atomic mass is 9.59. The molecular formula is C28H40O3. The lowest BCUT2D eigenvalue weighted by Gasteiger charge is -2.46. The largest absolute Gasteiger partial charge is 0.497 e. The molecule has 0 amide bonds. The Morgan fingerprint density at radius 2 is 1.65 bits per heavy atom. The highest BCUT2D eigenvalue weighted by Gasteiger charge is 2.43. The second kappa shape index (κ2) is 10.7. The highest BCUT2D eigenvalue weighted by molar-refractivity contribution is 5.75. The SMILES string of the molecule is C=CCCC1CCC(C2CCC3C(CCCC3C(=O)Oc3ccc(OC)cc3)C2)CC1. The average Bonchev–Trinajstić information content (AvgIpc) is 2.82. The Balaban J connectivity index is 1.30. The summed E-state index contributed by atoms with van der Waals surface area (Å²) in [6, 6.07) is 7.37. The zero-order valence-electron chi connectivity index (χ0n) is 19.3. The van der Waals surface area contributed by atoms with Gasteiger partial charge in [-0.1, -0.05) is 31.8 Å². The molecule has 170 valence electrons. The summed E-state index contributed by atoms with van der Waals surface area (Å²) in [4.78, 5) is 13.0. The standard InChI is InChI=1S/C28H40O3/c1-3-4-6-20-9-11-21(12-10-20)22-13-18-26-23(19-22)7-5-8-27(26)28(29)31-25-16-14-24(30-2)15-17-25/h3,14-17,20-23,26-27H,1,4-13,18-19H2,2H3. The number of methoxy groups -OCH3 is 1. The van der Waals surface area contributed by atoms with Crippen molar-refractivity contribution in [1.29, 1.82) is 0 Å². The smallest absolute Gasteiger partial charge is 0.314 e. The van der Waals surface area contributed by atoms with Crippen molar-refractivity contribution in [1.82, 2.24) is 0 Å². The van der Waals surface area contributed by atoms with Gasteiger partial charge in [-0.2, -0.15) is 0 Å². The fourth-order valence-electron chi connectivity index (χ4n) is 6.86. The molecule has 3 nitrogen and oxygen atoms in total. The van der Waals surface area contributed by atoms with Gasteiger partial charge in [-0.3, -0.25) is 4.79 Å². The second-order valence-electron chi connectivity index (χ2n) is 10.3. The maximum atomic E-state index is 13.0. The first-order chi connectivity index (χ1) is 15.2. The van der Waals surface area contributed by atoms with Crippen molar-refractivity contribution in [3.8, 4) is 11.5 Å². The molecule has 31 heavy (non-hydrogen) atoms. The fraction of sp³-hybridized carbons (Fsp3) is 0.679. The van der Waals surface area contributed by atoms with Gasteiger partial charge in [-0.05, 0) is 105 Å². The molecule has 3 saturated carbocycles. The lowest BCUT2D eigenvalue weighted by Crippen LogP contribution is -2.40. The molecule has 4 unspecified atom stereocenters. The van der Waals surface area contributed by atoms with E-state index in [-0.39, 0.29) is 11.9 Å². The van der Waals surface area contributed by atoms with Crippen LogP contribution in [0, 0.1) is 35.5 Å². The molecule has 4 atom stereocenters. The molecule has 3 fully saturated rings. The second-order valence-corrected chi connectivity index (χ2v) is 10.3. The van der Waals surface area contributed by atoms with Crippen molar-refractivity contribution in [2.24, 2.45) is 35.5 Å². The Morgan fingerprint density at radius 1 is 0.935 bits per heavy atom. The average molecular weight is 425 g/mol. The van der Waals surface area contributed by atoms with Crippen molar-refractivity contribution < 1.29 is 14.3 Å². The van der Waals surface area contributed by atoms with Crippen LogP contribution in [0.4, 0.5) is 0 Å². The van der Waals surface area contributed by atoms with Crippen molar-refractivity contribution >= 4 is 5.97 Å². The van der Waals surface area contributed by atoms with Gasteiger partial charge < -0.3 is 9.47 Å². The first-order valence-corrected chi connectivity index (χ1v) is 12.6. The van der Waals surface area contributed by atoms with Crippen molar-refractivity contribution in [3.63, 3.8) is 0 Å². The number of hydrogen-bond acceptors (Lipinski definition) is 3. The summed E-state index contributed by atoms with van der Waals surface area (Å²) >= 11 is 0. The highest BCUT2D eigenvalue weighted by Crippen LogP contribution is 2.50. The number of carbonyl (C=O) groups is 1. The van der Waals surface area contributed by atoms with Crippen LogP contribution in [-0.2, 0) is 4.79 Å². The van der Waals surface area contributed by atoms with E-state index in [9.17, 15) is 4.79 Å². The molecule has 3 aliphatic carbocycles. The van der Waals surface area contributed by atoms with Crippen LogP contribution >= 0.6 is 0 Å². The van der Waals surface area contributed by atoms with Gasteiger partial charge in [0, 0.05) is 0 Å². The molecule has 0 aromatic heterocycles. The Labute approximate surface area is 188 Å². The minimum Gasteiger partial charge on any atom is -0.497 e. The summed E-state index contributed by atoms with van der Waals surface area (Å²) < 4.78 is 11.0. The third kappa shape index (κ3) is 5.54. The molecule has 1 aromatic carbocycles. The minimum absolute atomic E-state index is 0.0129. The third-order valence-electron chi connectivity index (χ3n) is 8.61. The Morgan fingerprint density at radius 3 is 2.35 bits per heavy atom. The van der Waals surface area contributed by atoms with Crippen molar-refractivity contribution in [3.05, 3.63) is 36.9 Å². The van der Waals surface area contributed by atoms with Crippen LogP contribution in [0.15, 0.2) is 36.9 Å². The van der Waals surface area contributed by atoms with E-state index < -0.39 is 0 Å². The van der Waals surface area contributed by atoms with E-state index in [0.717, 1.165) is 35.8 Å². The van der Waals surface area contributed by atoms with E-state index in [2.05, 4.69) is 12.7 Å². The van der Waals surface area contributed by atoms with Gasteiger partial charge in [0.05, 0.1) is 13.0 Å².